The fraction of sp³-hybridized carbons (Fsp3) is 0.400. The maximum Gasteiger partial charge on any atom is 0.238 e. The minimum Gasteiger partial charge on any atom is -0.397 e. The van der Waals surface area contributed by atoms with Crippen molar-refractivity contribution in [2.24, 2.45) is 5.14 Å². The molecule has 0 aliphatic heterocycles. The Hall–Kier alpha value is -1.31. The summed E-state index contributed by atoms with van der Waals surface area (Å²) in [5.74, 6) is 0. The van der Waals surface area contributed by atoms with Crippen LogP contribution in [0.2, 0.25) is 0 Å². The van der Waals surface area contributed by atoms with Crippen LogP contribution in [0.3, 0.4) is 0 Å². The first-order valence-corrected chi connectivity index (χ1v) is 6.53. The van der Waals surface area contributed by atoms with Crippen LogP contribution in [-0.4, -0.2) is 25.7 Å². The first-order valence-electron chi connectivity index (χ1n) is 4.98. The number of rotatable bonds is 4. The van der Waals surface area contributed by atoms with Crippen LogP contribution >= 0.6 is 0 Å². The summed E-state index contributed by atoms with van der Waals surface area (Å²) in [6.45, 7) is 3.59. The van der Waals surface area contributed by atoms with Crippen molar-refractivity contribution in [3.05, 3.63) is 18.2 Å². The molecule has 0 radical (unpaired) electrons. The van der Waals surface area contributed by atoms with Gasteiger partial charge in [0.15, 0.2) is 0 Å². The van der Waals surface area contributed by atoms with Gasteiger partial charge in [0.05, 0.1) is 21.9 Å². The van der Waals surface area contributed by atoms with Crippen molar-refractivity contribution in [2.45, 2.75) is 24.3 Å². The van der Waals surface area contributed by atoms with Crippen LogP contribution in [0.5, 0.6) is 0 Å². The molecule has 1 aromatic rings. The maximum atomic E-state index is 11.1. The highest BCUT2D eigenvalue weighted by molar-refractivity contribution is 7.89. The number of aliphatic hydroxyl groups is 1. The van der Waals surface area contributed by atoms with Crippen LogP contribution in [0.15, 0.2) is 23.1 Å². The van der Waals surface area contributed by atoms with Gasteiger partial charge in [-0.2, -0.15) is 0 Å². The molecule has 0 bridgehead atoms. The molecule has 17 heavy (non-hydrogen) atoms. The van der Waals surface area contributed by atoms with Crippen LogP contribution in [0.1, 0.15) is 13.8 Å². The number of nitrogens with one attached hydrogen (secondary N) is 1. The molecule has 0 amide bonds. The van der Waals surface area contributed by atoms with Crippen LogP contribution < -0.4 is 16.2 Å². The predicted octanol–water partition coefficient (Wildman–Crippen LogP) is 0.0990. The Morgan fingerprint density at radius 1 is 1.41 bits per heavy atom. The lowest BCUT2D eigenvalue weighted by molar-refractivity contribution is 0.0945. The molecule has 0 saturated heterocycles. The third-order valence-corrected chi connectivity index (χ3v) is 2.97. The number of nitrogens with two attached hydrogens (primary N) is 2. The third-order valence-electron chi connectivity index (χ3n) is 2.06. The van der Waals surface area contributed by atoms with E-state index in [0.29, 0.717) is 12.2 Å². The lowest BCUT2D eigenvalue weighted by atomic mass is 10.1. The van der Waals surface area contributed by atoms with Crippen molar-refractivity contribution < 1.29 is 13.5 Å². The van der Waals surface area contributed by atoms with Gasteiger partial charge in [0.2, 0.25) is 10.0 Å². The Balaban J connectivity index is 2.92. The van der Waals surface area contributed by atoms with Gasteiger partial charge in [-0.25, -0.2) is 13.6 Å². The normalized spacial score (nSPS) is 12.5. The number of hydrogen-bond donors (Lipinski definition) is 4. The minimum atomic E-state index is -3.74. The second-order valence-electron chi connectivity index (χ2n) is 4.46. The van der Waals surface area contributed by atoms with E-state index in [9.17, 15) is 13.5 Å². The SMILES string of the molecule is CC(C)(O)CNc1ccc(S(N)(=O)=O)cc1N. The van der Waals surface area contributed by atoms with Gasteiger partial charge < -0.3 is 16.2 Å². The molecule has 0 atom stereocenters. The summed E-state index contributed by atoms with van der Waals surface area (Å²) in [6.07, 6.45) is 0. The molecule has 6 N–H and O–H groups in total. The van der Waals surface area contributed by atoms with Crippen molar-refractivity contribution in [1.29, 1.82) is 0 Å². The second-order valence-corrected chi connectivity index (χ2v) is 6.02. The Bertz CT molecular complexity index is 506. The van der Waals surface area contributed by atoms with Crippen molar-refractivity contribution in [1.82, 2.24) is 0 Å². The number of hydrogen-bond acceptors (Lipinski definition) is 5. The smallest absolute Gasteiger partial charge is 0.238 e. The lowest BCUT2D eigenvalue weighted by Crippen LogP contribution is -2.29. The summed E-state index contributed by atoms with van der Waals surface area (Å²) in [4.78, 5) is -0.0381. The quantitative estimate of drug-likeness (QED) is 0.572. The highest BCUT2D eigenvalue weighted by Crippen LogP contribution is 2.22. The lowest BCUT2D eigenvalue weighted by Gasteiger charge is -2.19. The topological polar surface area (TPSA) is 118 Å². The van der Waals surface area contributed by atoms with E-state index in [4.69, 9.17) is 10.9 Å². The van der Waals surface area contributed by atoms with Gasteiger partial charge in [0.25, 0.3) is 0 Å². The van der Waals surface area contributed by atoms with Crippen molar-refractivity contribution >= 4 is 21.4 Å². The van der Waals surface area contributed by atoms with Gasteiger partial charge in [-0.1, -0.05) is 0 Å². The first-order chi connectivity index (χ1) is 7.59. The molecule has 7 heteroatoms. The number of benzene rings is 1. The van der Waals surface area contributed by atoms with Crippen molar-refractivity contribution in [3.63, 3.8) is 0 Å². The fourth-order valence-electron chi connectivity index (χ4n) is 1.19. The number of nitrogen functional groups attached to an aromatic ring is 1. The van der Waals surface area contributed by atoms with Gasteiger partial charge >= 0.3 is 0 Å². The zero-order valence-corrected chi connectivity index (χ0v) is 10.6. The summed E-state index contributed by atoms with van der Waals surface area (Å²) >= 11 is 0. The third kappa shape index (κ3) is 4.22. The van der Waals surface area contributed by atoms with Gasteiger partial charge in [0, 0.05) is 6.54 Å². The van der Waals surface area contributed by atoms with Crippen LogP contribution in [0.4, 0.5) is 11.4 Å². The standard InChI is InChI=1S/C10H17N3O3S/c1-10(2,14)6-13-9-4-3-7(5-8(9)11)17(12,15)16/h3-5,13-14H,6,11H2,1-2H3,(H2,12,15,16). The molecule has 0 aliphatic rings. The predicted molar refractivity (Wildman–Crippen MR) is 67.0 cm³/mol. The maximum absolute atomic E-state index is 11.1. The fourth-order valence-corrected chi connectivity index (χ4v) is 1.74. The molecule has 1 rings (SSSR count). The van der Waals surface area contributed by atoms with Crippen molar-refractivity contribution in [3.8, 4) is 0 Å². The average molecular weight is 259 g/mol. The van der Waals surface area contributed by atoms with Crippen LogP contribution in [0, 0.1) is 0 Å². The van der Waals surface area contributed by atoms with E-state index in [0.717, 1.165) is 0 Å². The Kier molecular flexibility index (Phi) is 3.65. The molecule has 0 heterocycles. The van der Waals surface area contributed by atoms with E-state index in [1.54, 1.807) is 13.8 Å². The van der Waals surface area contributed by atoms with Gasteiger partial charge in [-0.15, -0.1) is 0 Å². The second kappa shape index (κ2) is 4.52. The highest BCUT2D eigenvalue weighted by atomic mass is 32.2. The zero-order chi connectivity index (χ0) is 13.3. The largest absolute Gasteiger partial charge is 0.397 e. The van der Waals surface area contributed by atoms with E-state index in [-0.39, 0.29) is 10.6 Å². The van der Waals surface area contributed by atoms with E-state index >= 15 is 0 Å². The van der Waals surface area contributed by atoms with E-state index in [2.05, 4.69) is 5.32 Å². The molecule has 0 saturated carbocycles. The highest BCUT2D eigenvalue weighted by Gasteiger charge is 2.14. The van der Waals surface area contributed by atoms with Gasteiger partial charge in [0.1, 0.15) is 0 Å². The zero-order valence-electron chi connectivity index (χ0n) is 9.77. The molecule has 96 valence electrons. The Morgan fingerprint density at radius 2 is 2.00 bits per heavy atom. The van der Waals surface area contributed by atoms with Crippen LogP contribution in [-0.2, 0) is 10.0 Å². The number of sulfonamides is 1. The summed E-state index contributed by atoms with van der Waals surface area (Å²) in [5, 5.41) is 17.4. The summed E-state index contributed by atoms with van der Waals surface area (Å²) < 4.78 is 22.2. The Morgan fingerprint density at radius 3 is 2.41 bits per heavy atom. The number of primary sulfonamides is 1. The molecule has 0 fully saturated rings. The van der Waals surface area contributed by atoms with E-state index in [1.807, 2.05) is 0 Å². The van der Waals surface area contributed by atoms with Gasteiger partial charge in [-0.3, -0.25) is 0 Å². The summed E-state index contributed by atoms with van der Waals surface area (Å²) in [5.41, 5.74) is 5.62. The number of anilines is 2. The molecule has 0 aromatic heterocycles. The molecule has 1 aromatic carbocycles. The van der Waals surface area contributed by atoms with Crippen LogP contribution in [0.25, 0.3) is 0 Å². The minimum absolute atomic E-state index is 0.0381. The Labute approximate surface area is 101 Å². The molecular weight excluding hydrogens is 242 g/mol. The average Bonchev–Trinajstić information content (AvgIpc) is 2.12. The first kappa shape index (κ1) is 13.8. The molecule has 0 aliphatic carbocycles. The molecule has 0 spiro atoms. The molecular formula is C10H17N3O3S. The van der Waals surface area contributed by atoms with Crippen molar-refractivity contribution in [2.75, 3.05) is 17.6 Å². The van der Waals surface area contributed by atoms with E-state index in [1.165, 1.54) is 18.2 Å². The molecule has 6 nitrogen and oxygen atoms in total. The molecule has 0 unspecified atom stereocenters. The summed E-state index contributed by atoms with van der Waals surface area (Å²) in [7, 11) is -3.74. The van der Waals surface area contributed by atoms with E-state index < -0.39 is 15.6 Å². The summed E-state index contributed by atoms with van der Waals surface area (Å²) in [6, 6.07) is 4.15. The monoisotopic (exact) mass is 259 g/mol. The van der Waals surface area contributed by atoms with Gasteiger partial charge in [-0.05, 0) is 32.0 Å².